The molecule has 0 aliphatic carbocycles. The summed E-state index contributed by atoms with van der Waals surface area (Å²) in [7, 11) is -3.81. The van der Waals surface area contributed by atoms with Crippen LogP contribution in [-0.2, 0) is 31.8 Å². The lowest BCUT2D eigenvalue weighted by Gasteiger charge is -2.28. The second kappa shape index (κ2) is 9.51. The highest BCUT2D eigenvalue weighted by atomic mass is 32.3. The van der Waals surface area contributed by atoms with Crippen LogP contribution in [0, 0.1) is 5.92 Å². The molecule has 2 fully saturated rings. The Balaban J connectivity index is 1.24. The fraction of sp³-hybridized carbons (Fsp3) is 0.500. The molecule has 1 amide bonds. The van der Waals surface area contributed by atoms with Gasteiger partial charge in [0.25, 0.3) is 0 Å². The van der Waals surface area contributed by atoms with Crippen molar-refractivity contribution in [3.8, 4) is 5.75 Å². The number of likely N-dealkylation sites (tertiary alicyclic amines) is 1. The van der Waals surface area contributed by atoms with Crippen molar-refractivity contribution >= 4 is 27.8 Å². The maximum atomic E-state index is 11.1. The van der Waals surface area contributed by atoms with E-state index >= 15 is 0 Å². The fourth-order valence-electron chi connectivity index (χ4n) is 3.67. The van der Waals surface area contributed by atoms with Crippen LogP contribution >= 0.6 is 11.3 Å². The summed E-state index contributed by atoms with van der Waals surface area (Å²) in [6.07, 6.45) is 1.40. The van der Waals surface area contributed by atoms with Crippen LogP contribution in [0.25, 0.3) is 0 Å². The Morgan fingerprint density at radius 1 is 1.19 bits per heavy atom. The molecule has 3 heterocycles. The number of ether oxygens (including phenoxy) is 1. The van der Waals surface area contributed by atoms with Crippen molar-refractivity contribution in [2.45, 2.75) is 31.8 Å². The molecule has 1 aromatic carbocycles. The molecule has 2 aliphatic heterocycles. The SMILES string of the molecule is O=C(O)N1CCC(c2nc(COc3ccc(CC4COS(=O)(=O)OC4)cc3)cs2)CC1. The summed E-state index contributed by atoms with van der Waals surface area (Å²) < 4.78 is 37.5. The number of hydrogen-bond donors (Lipinski definition) is 1. The number of carboxylic acid groups (broad SMARTS) is 1. The number of rotatable bonds is 6. The average Bonchev–Trinajstić information content (AvgIpc) is 3.24. The van der Waals surface area contributed by atoms with Gasteiger partial charge in [-0.2, -0.15) is 8.42 Å². The number of carbonyl (C=O) groups is 1. The zero-order valence-electron chi connectivity index (χ0n) is 16.8. The Morgan fingerprint density at radius 2 is 1.87 bits per heavy atom. The second-order valence-corrected chi connectivity index (χ2v) is 9.88. The third kappa shape index (κ3) is 5.94. The molecule has 0 spiro atoms. The fourth-order valence-corrected chi connectivity index (χ4v) is 5.43. The molecule has 1 N–H and O–H groups in total. The van der Waals surface area contributed by atoms with Crippen molar-refractivity contribution in [2.24, 2.45) is 5.92 Å². The van der Waals surface area contributed by atoms with Crippen molar-refractivity contribution in [3.05, 3.63) is 45.9 Å². The Hall–Kier alpha value is -2.21. The van der Waals surface area contributed by atoms with Gasteiger partial charge in [0.05, 0.1) is 23.9 Å². The average molecular weight is 469 g/mol. The summed E-state index contributed by atoms with van der Waals surface area (Å²) in [6, 6.07) is 7.65. The molecule has 31 heavy (non-hydrogen) atoms. The molecule has 2 aromatic rings. The minimum atomic E-state index is -3.81. The lowest BCUT2D eigenvalue weighted by molar-refractivity contribution is 0.103. The zero-order chi connectivity index (χ0) is 21.8. The lowest BCUT2D eigenvalue weighted by Crippen LogP contribution is -2.36. The van der Waals surface area contributed by atoms with Crippen LogP contribution in [0.2, 0.25) is 0 Å². The number of amides is 1. The Labute approximate surface area is 184 Å². The Kier molecular flexibility index (Phi) is 6.75. The van der Waals surface area contributed by atoms with E-state index in [1.165, 1.54) is 4.90 Å². The van der Waals surface area contributed by atoms with Crippen LogP contribution in [0.3, 0.4) is 0 Å². The van der Waals surface area contributed by atoms with Gasteiger partial charge < -0.3 is 14.7 Å². The summed E-state index contributed by atoms with van der Waals surface area (Å²) >= 11 is 1.60. The predicted molar refractivity (Wildman–Crippen MR) is 112 cm³/mol. The standard InChI is InChI=1S/C20H24N2O7S2/c23-20(24)22-7-5-16(6-8-22)19-21-17(13-30-19)12-27-18-3-1-14(2-4-18)9-15-10-28-31(25,26)29-11-15/h1-4,13,15-16H,5-12H2,(H,23,24). The zero-order valence-corrected chi connectivity index (χ0v) is 18.4. The molecule has 0 radical (unpaired) electrons. The first-order valence-electron chi connectivity index (χ1n) is 10.1. The van der Waals surface area contributed by atoms with Crippen molar-refractivity contribution in [2.75, 3.05) is 26.3 Å². The quantitative estimate of drug-likeness (QED) is 0.688. The van der Waals surface area contributed by atoms with E-state index in [-0.39, 0.29) is 19.1 Å². The van der Waals surface area contributed by atoms with Crippen LogP contribution in [0.5, 0.6) is 5.75 Å². The van der Waals surface area contributed by atoms with Crippen molar-refractivity contribution in [1.82, 2.24) is 9.88 Å². The van der Waals surface area contributed by atoms with Gasteiger partial charge in [-0.3, -0.25) is 0 Å². The third-order valence-corrected chi connectivity index (χ3v) is 7.32. The first-order chi connectivity index (χ1) is 14.9. The number of piperidine rings is 1. The smallest absolute Gasteiger partial charge is 0.407 e. The molecule has 0 unspecified atom stereocenters. The van der Waals surface area contributed by atoms with Crippen LogP contribution in [-0.4, -0.2) is 55.8 Å². The molecule has 9 nitrogen and oxygen atoms in total. The summed E-state index contributed by atoms with van der Waals surface area (Å²) in [5.41, 5.74) is 1.91. The molecular formula is C20H24N2O7S2. The van der Waals surface area contributed by atoms with Crippen molar-refractivity contribution in [3.63, 3.8) is 0 Å². The van der Waals surface area contributed by atoms with Gasteiger partial charge in [-0.05, 0) is 37.0 Å². The minimum absolute atomic E-state index is 0.00825. The van der Waals surface area contributed by atoms with E-state index < -0.39 is 16.5 Å². The van der Waals surface area contributed by atoms with E-state index in [4.69, 9.17) is 18.2 Å². The first kappa shape index (κ1) is 22.0. The molecule has 168 valence electrons. The Morgan fingerprint density at radius 3 is 2.52 bits per heavy atom. The van der Waals surface area contributed by atoms with E-state index in [2.05, 4.69) is 4.98 Å². The van der Waals surface area contributed by atoms with Crippen LogP contribution in [0.1, 0.15) is 35.0 Å². The van der Waals surface area contributed by atoms with E-state index in [1.807, 2.05) is 29.6 Å². The predicted octanol–water partition coefficient (Wildman–Crippen LogP) is 3.03. The van der Waals surface area contributed by atoms with Gasteiger partial charge in [-0.15, -0.1) is 11.3 Å². The molecule has 0 atom stereocenters. The van der Waals surface area contributed by atoms with Gasteiger partial charge in [0.1, 0.15) is 12.4 Å². The molecule has 11 heteroatoms. The van der Waals surface area contributed by atoms with Crippen LogP contribution < -0.4 is 4.74 Å². The summed E-state index contributed by atoms with van der Waals surface area (Å²) in [5.74, 6) is 1.02. The molecule has 2 aliphatic rings. The summed E-state index contributed by atoms with van der Waals surface area (Å²) in [6.45, 7) is 1.72. The van der Waals surface area contributed by atoms with Crippen molar-refractivity contribution < 1.29 is 31.4 Å². The van der Waals surface area contributed by atoms with Crippen LogP contribution in [0.15, 0.2) is 29.6 Å². The maximum absolute atomic E-state index is 11.1. The van der Waals surface area contributed by atoms with Gasteiger partial charge in [0.2, 0.25) is 0 Å². The number of benzene rings is 1. The molecule has 4 rings (SSSR count). The van der Waals surface area contributed by atoms with Gasteiger partial charge in [-0.25, -0.2) is 18.1 Å². The second-order valence-electron chi connectivity index (χ2n) is 7.70. The molecule has 1 aromatic heterocycles. The van der Waals surface area contributed by atoms with Crippen molar-refractivity contribution in [1.29, 1.82) is 0 Å². The normalized spacial score (nSPS) is 19.9. The highest BCUT2D eigenvalue weighted by molar-refractivity contribution is 7.81. The van der Waals surface area contributed by atoms with Gasteiger partial charge in [0.15, 0.2) is 0 Å². The molecule has 0 bridgehead atoms. The highest BCUT2D eigenvalue weighted by Gasteiger charge is 2.26. The summed E-state index contributed by atoms with van der Waals surface area (Å²) in [4.78, 5) is 17.2. The number of hydrogen-bond acceptors (Lipinski definition) is 8. The third-order valence-electron chi connectivity index (χ3n) is 5.41. The molecule has 0 saturated carbocycles. The van der Waals surface area contributed by atoms with E-state index in [0.717, 1.165) is 34.9 Å². The highest BCUT2D eigenvalue weighted by Crippen LogP contribution is 2.30. The Bertz CT molecular complexity index is 985. The molecular weight excluding hydrogens is 444 g/mol. The van der Waals surface area contributed by atoms with E-state index in [1.54, 1.807) is 11.3 Å². The summed E-state index contributed by atoms with van der Waals surface area (Å²) in [5, 5.41) is 12.1. The number of aromatic nitrogens is 1. The van der Waals surface area contributed by atoms with Gasteiger partial charge in [-0.1, -0.05) is 12.1 Å². The minimum Gasteiger partial charge on any atom is -0.487 e. The number of thiazole rings is 1. The van der Waals surface area contributed by atoms with Crippen LogP contribution in [0.4, 0.5) is 4.79 Å². The number of nitrogens with zero attached hydrogens (tertiary/aromatic N) is 2. The van der Waals surface area contributed by atoms with E-state index in [9.17, 15) is 13.2 Å². The van der Waals surface area contributed by atoms with Gasteiger partial charge >= 0.3 is 16.5 Å². The monoisotopic (exact) mass is 468 g/mol. The molecule has 2 saturated heterocycles. The maximum Gasteiger partial charge on any atom is 0.407 e. The first-order valence-corrected chi connectivity index (χ1v) is 12.3. The topological polar surface area (TPSA) is 115 Å². The largest absolute Gasteiger partial charge is 0.487 e. The lowest BCUT2D eigenvalue weighted by atomic mass is 9.98. The van der Waals surface area contributed by atoms with E-state index in [0.29, 0.717) is 32.0 Å². The van der Waals surface area contributed by atoms with Gasteiger partial charge in [0, 0.05) is 30.3 Å².